The largest absolute Gasteiger partial charge is 0.495 e. The van der Waals surface area contributed by atoms with Gasteiger partial charge in [0, 0.05) is 18.4 Å². The summed E-state index contributed by atoms with van der Waals surface area (Å²) in [6, 6.07) is 5.47. The van der Waals surface area contributed by atoms with Gasteiger partial charge < -0.3 is 14.8 Å². The first-order valence-corrected chi connectivity index (χ1v) is 6.73. The van der Waals surface area contributed by atoms with E-state index >= 15 is 0 Å². The summed E-state index contributed by atoms with van der Waals surface area (Å²) in [5.74, 6) is 0.677. The summed E-state index contributed by atoms with van der Waals surface area (Å²) < 4.78 is 11.5. The lowest BCUT2D eigenvalue weighted by Gasteiger charge is -2.11. The molecule has 2 rings (SSSR count). The Labute approximate surface area is 115 Å². The van der Waals surface area contributed by atoms with Crippen LogP contribution in [0.15, 0.2) is 22.7 Å². The van der Waals surface area contributed by atoms with Gasteiger partial charge in [-0.1, -0.05) is 0 Å². The highest BCUT2D eigenvalue weighted by Crippen LogP contribution is 2.28. The van der Waals surface area contributed by atoms with Gasteiger partial charge in [0.1, 0.15) is 5.75 Å². The average molecular weight is 314 g/mol. The molecule has 1 heterocycles. The molecule has 0 aromatic heterocycles. The number of hydrogen-bond donors (Lipinski definition) is 1. The molecule has 1 amide bonds. The van der Waals surface area contributed by atoms with E-state index in [4.69, 9.17) is 9.47 Å². The molecule has 1 aromatic rings. The highest BCUT2D eigenvalue weighted by Gasteiger charge is 2.19. The van der Waals surface area contributed by atoms with Gasteiger partial charge in [0.05, 0.1) is 24.1 Å². The molecule has 0 bridgehead atoms. The Morgan fingerprint density at radius 2 is 2.44 bits per heavy atom. The van der Waals surface area contributed by atoms with Crippen LogP contribution >= 0.6 is 15.9 Å². The molecule has 0 saturated carbocycles. The number of benzene rings is 1. The zero-order valence-corrected chi connectivity index (χ0v) is 11.8. The van der Waals surface area contributed by atoms with Crippen molar-refractivity contribution in [2.45, 2.75) is 25.4 Å². The van der Waals surface area contributed by atoms with E-state index in [9.17, 15) is 4.79 Å². The third-order valence-corrected chi connectivity index (χ3v) is 3.53. The van der Waals surface area contributed by atoms with Crippen LogP contribution in [-0.4, -0.2) is 25.7 Å². The number of carbonyl (C=O) groups excluding carboxylic acids is 1. The number of methoxy groups -OCH3 is 1. The van der Waals surface area contributed by atoms with E-state index in [0.717, 1.165) is 29.6 Å². The molecular weight excluding hydrogens is 298 g/mol. The maximum absolute atomic E-state index is 11.8. The first-order valence-electron chi connectivity index (χ1n) is 5.94. The lowest BCUT2D eigenvalue weighted by molar-refractivity contribution is -0.118. The number of anilines is 1. The van der Waals surface area contributed by atoms with Crippen LogP contribution in [0, 0.1) is 0 Å². The standard InChI is InChI=1S/C13H16BrNO3/c1-17-12-7-9(4-5-11(12)14)15-13(16)8-10-3-2-6-18-10/h4-5,7,10H,2-3,6,8H2,1H3,(H,15,16). The lowest BCUT2D eigenvalue weighted by atomic mass is 10.2. The maximum Gasteiger partial charge on any atom is 0.226 e. The Hall–Kier alpha value is -1.07. The van der Waals surface area contributed by atoms with Crippen LogP contribution in [0.4, 0.5) is 5.69 Å². The highest BCUT2D eigenvalue weighted by molar-refractivity contribution is 9.10. The van der Waals surface area contributed by atoms with Gasteiger partial charge >= 0.3 is 0 Å². The molecule has 1 aliphatic heterocycles. The van der Waals surface area contributed by atoms with Crippen molar-refractivity contribution >= 4 is 27.5 Å². The summed E-state index contributed by atoms with van der Waals surface area (Å²) in [7, 11) is 1.60. The number of rotatable bonds is 4. The van der Waals surface area contributed by atoms with Crippen LogP contribution in [-0.2, 0) is 9.53 Å². The van der Waals surface area contributed by atoms with Gasteiger partial charge in [-0.2, -0.15) is 0 Å². The number of halogens is 1. The van der Waals surface area contributed by atoms with E-state index in [-0.39, 0.29) is 12.0 Å². The Balaban J connectivity index is 1.93. The van der Waals surface area contributed by atoms with E-state index in [1.807, 2.05) is 12.1 Å². The first-order chi connectivity index (χ1) is 8.69. The Morgan fingerprint density at radius 3 is 3.11 bits per heavy atom. The molecule has 18 heavy (non-hydrogen) atoms. The molecule has 5 heteroatoms. The van der Waals surface area contributed by atoms with E-state index in [1.54, 1.807) is 13.2 Å². The maximum atomic E-state index is 11.8. The van der Waals surface area contributed by atoms with Crippen molar-refractivity contribution in [1.29, 1.82) is 0 Å². The van der Waals surface area contributed by atoms with Gasteiger partial charge in [0.15, 0.2) is 0 Å². The number of ether oxygens (including phenoxy) is 2. The van der Waals surface area contributed by atoms with Crippen LogP contribution < -0.4 is 10.1 Å². The molecule has 1 aliphatic rings. The molecule has 1 saturated heterocycles. The summed E-state index contributed by atoms with van der Waals surface area (Å²) in [5, 5.41) is 2.85. The van der Waals surface area contributed by atoms with E-state index in [0.29, 0.717) is 12.2 Å². The molecule has 0 aliphatic carbocycles. The minimum atomic E-state index is -0.0220. The molecule has 0 spiro atoms. The van der Waals surface area contributed by atoms with Crippen molar-refractivity contribution in [3.63, 3.8) is 0 Å². The normalized spacial score (nSPS) is 18.7. The second-order valence-corrected chi connectivity index (χ2v) is 5.09. The smallest absolute Gasteiger partial charge is 0.226 e. The Kier molecular flexibility index (Phi) is 4.60. The molecule has 0 radical (unpaired) electrons. The topological polar surface area (TPSA) is 47.6 Å². The minimum Gasteiger partial charge on any atom is -0.495 e. The summed E-state index contributed by atoms with van der Waals surface area (Å²) in [6.07, 6.45) is 2.50. The fourth-order valence-electron chi connectivity index (χ4n) is 1.96. The summed E-state index contributed by atoms with van der Waals surface area (Å²) in [5.41, 5.74) is 0.734. The van der Waals surface area contributed by atoms with Gasteiger partial charge in [0.25, 0.3) is 0 Å². The molecule has 1 unspecified atom stereocenters. The van der Waals surface area contributed by atoms with E-state index in [2.05, 4.69) is 21.2 Å². The Bertz CT molecular complexity index is 430. The van der Waals surface area contributed by atoms with Crippen molar-refractivity contribution < 1.29 is 14.3 Å². The van der Waals surface area contributed by atoms with Gasteiger partial charge in [-0.3, -0.25) is 4.79 Å². The number of hydrogen-bond acceptors (Lipinski definition) is 3. The van der Waals surface area contributed by atoms with Crippen molar-refractivity contribution in [3.05, 3.63) is 22.7 Å². The minimum absolute atomic E-state index is 0.0220. The Morgan fingerprint density at radius 1 is 1.61 bits per heavy atom. The van der Waals surface area contributed by atoms with Crippen molar-refractivity contribution in [1.82, 2.24) is 0 Å². The fraction of sp³-hybridized carbons (Fsp3) is 0.462. The SMILES string of the molecule is COc1cc(NC(=O)CC2CCCO2)ccc1Br. The molecule has 1 fully saturated rings. The van der Waals surface area contributed by atoms with E-state index in [1.165, 1.54) is 0 Å². The number of carbonyl (C=O) groups is 1. The molecule has 4 nitrogen and oxygen atoms in total. The van der Waals surface area contributed by atoms with Gasteiger partial charge in [0.2, 0.25) is 5.91 Å². The summed E-state index contributed by atoms with van der Waals surface area (Å²) >= 11 is 3.37. The van der Waals surface area contributed by atoms with Crippen LogP contribution in [0.5, 0.6) is 5.75 Å². The van der Waals surface area contributed by atoms with Crippen LogP contribution in [0.3, 0.4) is 0 Å². The van der Waals surface area contributed by atoms with Crippen LogP contribution in [0.2, 0.25) is 0 Å². The highest BCUT2D eigenvalue weighted by atomic mass is 79.9. The second kappa shape index (κ2) is 6.20. The predicted molar refractivity (Wildman–Crippen MR) is 72.9 cm³/mol. The summed E-state index contributed by atoms with van der Waals surface area (Å²) in [4.78, 5) is 11.8. The number of nitrogens with one attached hydrogen (secondary N) is 1. The average Bonchev–Trinajstić information content (AvgIpc) is 2.84. The second-order valence-electron chi connectivity index (χ2n) is 4.24. The molecule has 98 valence electrons. The zero-order valence-electron chi connectivity index (χ0n) is 10.2. The van der Waals surface area contributed by atoms with Crippen molar-refractivity contribution in [3.8, 4) is 5.75 Å². The van der Waals surface area contributed by atoms with Crippen molar-refractivity contribution in [2.75, 3.05) is 19.0 Å². The molecule has 1 aromatic carbocycles. The monoisotopic (exact) mass is 313 g/mol. The van der Waals surface area contributed by atoms with Crippen molar-refractivity contribution in [2.24, 2.45) is 0 Å². The quantitative estimate of drug-likeness (QED) is 0.929. The molecular formula is C13H16BrNO3. The van der Waals surface area contributed by atoms with Gasteiger partial charge in [-0.05, 0) is 40.9 Å². The van der Waals surface area contributed by atoms with Crippen LogP contribution in [0.1, 0.15) is 19.3 Å². The van der Waals surface area contributed by atoms with Gasteiger partial charge in [-0.15, -0.1) is 0 Å². The fourth-order valence-corrected chi connectivity index (χ4v) is 2.37. The summed E-state index contributed by atoms with van der Waals surface area (Å²) in [6.45, 7) is 0.768. The third-order valence-electron chi connectivity index (χ3n) is 2.87. The lowest BCUT2D eigenvalue weighted by Crippen LogP contribution is -2.19. The van der Waals surface area contributed by atoms with Crippen LogP contribution in [0.25, 0.3) is 0 Å². The first kappa shape index (κ1) is 13.4. The molecule has 1 N–H and O–H groups in total. The third kappa shape index (κ3) is 3.46. The van der Waals surface area contributed by atoms with Gasteiger partial charge in [-0.25, -0.2) is 0 Å². The zero-order chi connectivity index (χ0) is 13.0. The molecule has 1 atom stereocenters. The number of amides is 1. The van der Waals surface area contributed by atoms with E-state index < -0.39 is 0 Å². The predicted octanol–water partition coefficient (Wildman–Crippen LogP) is 2.97.